The highest BCUT2D eigenvalue weighted by molar-refractivity contribution is 9.10. The van der Waals surface area contributed by atoms with Crippen molar-refractivity contribution in [2.24, 2.45) is 0 Å². The maximum Gasteiger partial charge on any atom is 0.157 e. The van der Waals surface area contributed by atoms with Crippen LogP contribution in [0.15, 0.2) is 35.1 Å². The molecule has 1 aromatic heterocycles. The molecule has 1 heterocycles. The van der Waals surface area contributed by atoms with Gasteiger partial charge in [-0.25, -0.2) is 4.39 Å². The van der Waals surface area contributed by atoms with Gasteiger partial charge in [-0.15, -0.1) is 0 Å². The Morgan fingerprint density at radius 2 is 2.24 bits per heavy atom. The van der Waals surface area contributed by atoms with Gasteiger partial charge in [-0.1, -0.05) is 15.9 Å². The van der Waals surface area contributed by atoms with Crippen LogP contribution < -0.4 is 4.74 Å². The van der Waals surface area contributed by atoms with E-state index in [-0.39, 0.29) is 5.82 Å². The van der Waals surface area contributed by atoms with Gasteiger partial charge in [0.05, 0.1) is 25.5 Å². The van der Waals surface area contributed by atoms with Gasteiger partial charge in [0.15, 0.2) is 5.75 Å². The largest absolute Gasteiger partial charge is 0.491 e. The first-order valence-electron chi connectivity index (χ1n) is 5.27. The third-order valence-corrected chi connectivity index (χ3v) is 2.65. The molecule has 0 saturated carbocycles. The summed E-state index contributed by atoms with van der Waals surface area (Å²) in [5.41, 5.74) is 0.850. The SMILES string of the molecule is CCOc1cnn(Cc2cc(F)cc(Br)c2)c1. The molecule has 1 aromatic carbocycles. The molecule has 90 valence electrons. The molecule has 0 amide bonds. The molecule has 0 atom stereocenters. The molecule has 0 aliphatic carbocycles. The zero-order valence-corrected chi connectivity index (χ0v) is 10.9. The average Bonchev–Trinajstić information content (AvgIpc) is 2.64. The molecule has 0 aliphatic heterocycles. The van der Waals surface area contributed by atoms with E-state index in [2.05, 4.69) is 21.0 Å². The van der Waals surface area contributed by atoms with E-state index in [1.807, 2.05) is 13.0 Å². The lowest BCUT2D eigenvalue weighted by molar-refractivity contribution is 0.340. The molecule has 17 heavy (non-hydrogen) atoms. The highest BCUT2D eigenvalue weighted by Gasteiger charge is 2.02. The van der Waals surface area contributed by atoms with Crippen molar-refractivity contribution in [2.75, 3.05) is 6.61 Å². The van der Waals surface area contributed by atoms with Gasteiger partial charge in [0, 0.05) is 4.47 Å². The van der Waals surface area contributed by atoms with Crippen LogP contribution >= 0.6 is 15.9 Å². The molecule has 0 spiro atoms. The van der Waals surface area contributed by atoms with Crippen LogP contribution in [0.5, 0.6) is 5.75 Å². The van der Waals surface area contributed by atoms with Crippen molar-refractivity contribution < 1.29 is 9.13 Å². The van der Waals surface area contributed by atoms with Crippen molar-refractivity contribution in [3.8, 4) is 5.75 Å². The lowest BCUT2D eigenvalue weighted by Crippen LogP contribution is -2.00. The van der Waals surface area contributed by atoms with Crippen LogP contribution in [-0.4, -0.2) is 16.4 Å². The molecule has 0 fully saturated rings. The number of ether oxygens (including phenoxy) is 1. The summed E-state index contributed by atoms with van der Waals surface area (Å²) in [6.45, 7) is 3.04. The Morgan fingerprint density at radius 3 is 2.94 bits per heavy atom. The minimum Gasteiger partial charge on any atom is -0.491 e. The number of halogens is 2. The van der Waals surface area contributed by atoms with Gasteiger partial charge < -0.3 is 4.74 Å². The quantitative estimate of drug-likeness (QED) is 0.866. The maximum absolute atomic E-state index is 13.2. The van der Waals surface area contributed by atoms with E-state index in [1.54, 1.807) is 17.1 Å². The topological polar surface area (TPSA) is 27.1 Å². The molecule has 0 N–H and O–H groups in total. The van der Waals surface area contributed by atoms with Crippen LogP contribution in [0.2, 0.25) is 0 Å². The maximum atomic E-state index is 13.2. The summed E-state index contributed by atoms with van der Waals surface area (Å²) in [4.78, 5) is 0. The molecule has 0 bridgehead atoms. The van der Waals surface area contributed by atoms with E-state index in [0.717, 1.165) is 15.8 Å². The zero-order valence-electron chi connectivity index (χ0n) is 9.36. The van der Waals surface area contributed by atoms with E-state index in [1.165, 1.54) is 12.1 Å². The Bertz CT molecular complexity index is 493. The molecular weight excluding hydrogens is 287 g/mol. The van der Waals surface area contributed by atoms with Crippen LogP contribution in [0.4, 0.5) is 4.39 Å². The molecule has 3 nitrogen and oxygen atoms in total. The third kappa shape index (κ3) is 3.30. The first kappa shape index (κ1) is 12.1. The summed E-state index contributed by atoms with van der Waals surface area (Å²) in [6, 6.07) is 4.79. The third-order valence-electron chi connectivity index (χ3n) is 2.19. The Kier molecular flexibility index (Phi) is 3.78. The Balaban J connectivity index is 2.13. The predicted molar refractivity (Wildman–Crippen MR) is 66.6 cm³/mol. The number of aromatic nitrogens is 2. The van der Waals surface area contributed by atoms with Crippen molar-refractivity contribution in [1.82, 2.24) is 9.78 Å². The Labute approximate surface area is 107 Å². The number of benzene rings is 1. The Morgan fingerprint density at radius 1 is 1.41 bits per heavy atom. The minimum absolute atomic E-state index is 0.258. The summed E-state index contributed by atoms with van der Waals surface area (Å²) in [7, 11) is 0. The van der Waals surface area contributed by atoms with Gasteiger partial charge in [0.25, 0.3) is 0 Å². The average molecular weight is 299 g/mol. The van der Waals surface area contributed by atoms with Crippen LogP contribution in [-0.2, 0) is 6.54 Å². The van der Waals surface area contributed by atoms with Gasteiger partial charge in [-0.3, -0.25) is 4.68 Å². The second-order valence-corrected chi connectivity index (χ2v) is 4.50. The van der Waals surface area contributed by atoms with Gasteiger partial charge in [0.2, 0.25) is 0 Å². The monoisotopic (exact) mass is 298 g/mol. The van der Waals surface area contributed by atoms with Gasteiger partial charge in [-0.2, -0.15) is 5.10 Å². The van der Waals surface area contributed by atoms with E-state index < -0.39 is 0 Å². The van der Waals surface area contributed by atoms with Gasteiger partial charge >= 0.3 is 0 Å². The van der Waals surface area contributed by atoms with Crippen molar-refractivity contribution in [3.05, 3.63) is 46.4 Å². The number of nitrogens with zero attached hydrogens (tertiary/aromatic N) is 2. The second kappa shape index (κ2) is 5.31. The number of hydrogen-bond donors (Lipinski definition) is 0. The van der Waals surface area contributed by atoms with E-state index in [0.29, 0.717) is 13.2 Å². The second-order valence-electron chi connectivity index (χ2n) is 3.58. The molecule has 2 aromatic rings. The lowest BCUT2D eigenvalue weighted by Gasteiger charge is -2.03. The summed E-state index contributed by atoms with van der Waals surface area (Å²) in [5.74, 6) is 0.467. The molecule has 0 radical (unpaired) electrons. The molecule has 0 saturated heterocycles. The van der Waals surface area contributed by atoms with Crippen molar-refractivity contribution in [1.29, 1.82) is 0 Å². The van der Waals surface area contributed by atoms with E-state index >= 15 is 0 Å². The summed E-state index contributed by atoms with van der Waals surface area (Å²) < 4.78 is 20.9. The standard InChI is InChI=1S/C12H12BrFN2O/c1-2-17-12-6-15-16(8-12)7-9-3-10(13)5-11(14)4-9/h3-6,8H,2,7H2,1H3. The first-order valence-corrected chi connectivity index (χ1v) is 6.07. The van der Waals surface area contributed by atoms with Crippen molar-refractivity contribution in [3.63, 3.8) is 0 Å². The highest BCUT2D eigenvalue weighted by atomic mass is 79.9. The summed E-state index contributed by atoms with van der Waals surface area (Å²) in [6.07, 6.45) is 3.44. The molecule has 5 heteroatoms. The highest BCUT2D eigenvalue weighted by Crippen LogP contribution is 2.16. The summed E-state index contributed by atoms with van der Waals surface area (Å²) >= 11 is 3.26. The van der Waals surface area contributed by atoms with Crippen LogP contribution in [0.25, 0.3) is 0 Å². The minimum atomic E-state index is -0.258. The fourth-order valence-corrected chi connectivity index (χ4v) is 2.07. The van der Waals surface area contributed by atoms with Crippen LogP contribution in [0, 0.1) is 5.82 Å². The lowest BCUT2D eigenvalue weighted by atomic mass is 10.2. The zero-order chi connectivity index (χ0) is 12.3. The van der Waals surface area contributed by atoms with E-state index in [4.69, 9.17) is 4.74 Å². The van der Waals surface area contributed by atoms with Crippen LogP contribution in [0.3, 0.4) is 0 Å². The van der Waals surface area contributed by atoms with Crippen molar-refractivity contribution in [2.45, 2.75) is 13.5 Å². The molecular formula is C12H12BrFN2O. The first-order chi connectivity index (χ1) is 8.17. The molecule has 2 rings (SSSR count). The predicted octanol–water partition coefficient (Wildman–Crippen LogP) is 3.23. The molecule has 0 unspecified atom stereocenters. The summed E-state index contributed by atoms with van der Waals surface area (Å²) in [5, 5.41) is 4.14. The fraction of sp³-hybridized carbons (Fsp3) is 0.250. The normalized spacial score (nSPS) is 10.5. The smallest absolute Gasteiger partial charge is 0.157 e. The van der Waals surface area contributed by atoms with Gasteiger partial charge in [-0.05, 0) is 30.7 Å². The van der Waals surface area contributed by atoms with Crippen molar-refractivity contribution >= 4 is 15.9 Å². The fourth-order valence-electron chi connectivity index (χ4n) is 1.56. The van der Waals surface area contributed by atoms with Gasteiger partial charge in [0.1, 0.15) is 5.82 Å². The molecule has 0 aliphatic rings. The Hall–Kier alpha value is -1.36. The number of rotatable bonds is 4. The van der Waals surface area contributed by atoms with Crippen LogP contribution in [0.1, 0.15) is 12.5 Å². The number of hydrogen-bond acceptors (Lipinski definition) is 2. The van der Waals surface area contributed by atoms with E-state index in [9.17, 15) is 4.39 Å².